The molecule has 0 aromatic heterocycles. The van der Waals surface area contributed by atoms with Crippen LogP contribution in [0.2, 0.25) is 0 Å². The zero-order valence-corrected chi connectivity index (χ0v) is 20.7. The predicted octanol–water partition coefficient (Wildman–Crippen LogP) is 4.90. The van der Waals surface area contributed by atoms with Gasteiger partial charge in [-0.15, -0.1) is 0 Å². The molecule has 0 saturated carbocycles. The Morgan fingerprint density at radius 1 is 1.18 bits per heavy atom. The lowest BCUT2D eigenvalue weighted by Crippen LogP contribution is -2.48. The molecule has 33 heavy (non-hydrogen) atoms. The molecule has 1 aromatic rings. The fourth-order valence-corrected chi connectivity index (χ4v) is 4.59. The standard InChI is InChI=1S/C25H36N2O6/c1-9-14-33-23(29)26-19(16-12-11-13-17(15-16)24(3,4)5)20(27(30)31)18(25(6,7)8)21(26)22(28)32-10-2/h9,11-13,15,18-21H,1,10,14H2,2-8H3/t18-,19-,20-,21-/m0/s1. The monoisotopic (exact) mass is 460 g/mol. The van der Waals surface area contributed by atoms with Crippen molar-refractivity contribution in [2.24, 2.45) is 11.3 Å². The van der Waals surface area contributed by atoms with Crippen molar-refractivity contribution in [1.82, 2.24) is 4.90 Å². The summed E-state index contributed by atoms with van der Waals surface area (Å²) in [4.78, 5) is 39.7. The molecule has 0 N–H and O–H groups in total. The van der Waals surface area contributed by atoms with Crippen molar-refractivity contribution in [3.63, 3.8) is 0 Å². The summed E-state index contributed by atoms with van der Waals surface area (Å²) in [5, 5.41) is 12.5. The van der Waals surface area contributed by atoms with Crippen LogP contribution in [0, 0.1) is 21.4 Å². The third kappa shape index (κ3) is 5.54. The van der Waals surface area contributed by atoms with Gasteiger partial charge in [0.2, 0.25) is 6.04 Å². The van der Waals surface area contributed by atoms with Gasteiger partial charge in [-0.05, 0) is 28.9 Å². The van der Waals surface area contributed by atoms with Crippen LogP contribution in [0.5, 0.6) is 0 Å². The maximum Gasteiger partial charge on any atom is 0.411 e. The average Bonchev–Trinajstić information content (AvgIpc) is 3.09. The zero-order valence-electron chi connectivity index (χ0n) is 20.7. The Hall–Kier alpha value is -2.90. The number of amides is 1. The molecule has 1 fully saturated rings. The summed E-state index contributed by atoms with van der Waals surface area (Å²) in [5.74, 6) is -1.47. The van der Waals surface area contributed by atoms with Crippen LogP contribution in [0.3, 0.4) is 0 Å². The largest absolute Gasteiger partial charge is 0.464 e. The molecule has 2 rings (SSSR count). The van der Waals surface area contributed by atoms with Crippen LogP contribution in [0.25, 0.3) is 0 Å². The maximum absolute atomic E-state index is 13.3. The van der Waals surface area contributed by atoms with Gasteiger partial charge in [-0.2, -0.15) is 0 Å². The van der Waals surface area contributed by atoms with Crippen molar-refractivity contribution in [3.05, 3.63) is 58.2 Å². The number of likely N-dealkylation sites (tertiary alicyclic amines) is 1. The third-order valence-electron chi connectivity index (χ3n) is 6.03. The number of esters is 1. The summed E-state index contributed by atoms with van der Waals surface area (Å²) < 4.78 is 10.6. The number of nitrogens with zero attached hydrogens (tertiary/aromatic N) is 2. The van der Waals surface area contributed by atoms with Crippen LogP contribution in [-0.4, -0.2) is 47.2 Å². The fraction of sp³-hybridized carbons (Fsp3) is 0.600. The van der Waals surface area contributed by atoms with Crippen LogP contribution in [0.15, 0.2) is 36.9 Å². The number of carbonyl (C=O) groups excluding carboxylic acids is 2. The van der Waals surface area contributed by atoms with Gasteiger partial charge in [0.25, 0.3) is 0 Å². The molecule has 1 aromatic carbocycles. The minimum atomic E-state index is -1.23. The van der Waals surface area contributed by atoms with E-state index in [9.17, 15) is 19.7 Å². The van der Waals surface area contributed by atoms with Gasteiger partial charge in [0.15, 0.2) is 0 Å². The Morgan fingerprint density at radius 3 is 2.30 bits per heavy atom. The average molecular weight is 461 g/mol. The topological polar surface area (TPSA) is 99.0 Å². The van der Waals surface area contributed by atoms with E-state index in [1.54, 1.807) is 13.0 Å². The van der Waals surface area contributed by atoms with Crippen molar-refractivity contribution >= 4 is 12.1 Å². The van der Waals surface area contributed by atoms with E-state index >= 15 is 0 Å². The first-order chi connectivity index (χ1) is 15.3. The minimum Gasteiger partial charge on any atom is -0.464 e. The first-order valence-corrected chi connectivity index (χ1v) is 11.2. The second-order valence-electron chi connectivity index (χ2n) is 10.5. The van der Waals surface area contributed by atoms with E-state index in [-0.39, 0.29) is 23.6 Å². The smallest absolute Gasteiger partial charge is 0.411 e. The van der Waals surface area contributed by atoms with Crippen LogP contribution >= 0.6 is 0 Å². The van der Waals surface area contributed by atoms with Crippen molar-refractivity contribution < 1.29 is 24.0 Å². The Balaban J connectivity index is 2.80. The highest BCUT2D eigenvalue weighted by atomic mass is 16.6. The van der Waals surface area contributed by atoms with E-state index in [1.807, 2.05) is 59.7 Å². The van der Waals surface area contributed by atoms with E-state index < -0.39 is 41.5 Å². The predicted molar refractivity (Wildman–Crippen MR) is 125 cm³/mol. The van der Waals surface area contributed by atoms with Gasteiger partial charge < -0.3 is 9.47 Å². The van der Waals surface area contributed by atoms with Gasteiger partial charge in [0, 0.05) is 4.92 Å². The summed E-state index contributed by atoms with van der Waals surface area (Å²) in [6, 6.07) is 4.01. The first kappa shape index (κ1) is 26.4. The first-order valence-electron chi connectivity index (χ1n) is 11.2. The molecule has 0 unspecified atom stereocenters. The molecule has 1 amide bonds. The maximum atomic E-state index is 13.3. The van der Waals surface area contributed by atoms with Crippen molar-refractivity contribution in [3.8, 4) is 0 Å². The van der Waals surface area contributed by atoms with E-state index in [1.165, 1.54) is 11.0 Å². The highest BCUT2D eigenvalue weighted by Crippen LogP contribution is 2.50. The summed E-state index contributed by atoms with van der Waals surface area (Å²) in [6.45, 7) is 16.9. The van der Waals surface area contributed by atoms with Crippen LogP contribution < -0.4 is 0 Å². The van der Waals surface area contributed by atoms with E-state index in [4.69, 9.17) is 9.47 Å². The van der Waals surface area contributed by atoms with E-state index in [0.717, 1.165) is 5.56 Å². The number of hydrogen-bond acceptors (Lipinski definition) is 6. The molecule has 0 radical (unpaired) electrons. The fourth-order valence-electron chi connectivity index (χ4n) is 4.59. The van der Waals surface area contributed by atoms with E-state index in [2.05, 4.69) is 6.58 Å². The number of benzene rings is 1. The van der Waals surface area contributed by atoms with Gasteiger partial charge in [-0.1, -0.05) is 78.5 Å². The van der Waals surface area contributed by atoms with Gasteiger partial charge in [0.1, 0.15) is 18.7 Å². The van der Waals surface area contributed by atoms with Crippen molar-refractivity contribution in [1.29, 1.82) is 0 Å². The molecule has 182 valence electrons. The molecule has 1 aliphatic rings. The summed E-state index contributed by atoms with van der Waals surface area (Å²) >= 11 is 0. The molecular weight excluding hydrogens is 424 g/mol. The third-order valence-corrected chi connectivity index (χ3v) is 6.03. The van der Waals surface area contributed by atoms with Crippen LogP contribution in [0.1, 0.15) is 65.6 Å². The lowest BCUT2D eigenvalue weighted by atomic mass is 9.72. The Morgan fingerprint density at radius 2 is 1.82 bits per heavy atom. The Kier molecular flexibility index (Phi) is 7.93. The lowest BCUT2D eigenvalue weighted by Gasteiger charge is -2.32. The SMILES string of the molecule is C=CCOC(=O)N1[C@H](C(=O)OCC)[C@@H](C(C)(C)C)[C@H]([N+](=O)[O-])[C@@H]1c1cccc(C(C)(C)C)c1. The molecule has 1 saturated heterocycles. The second-order valence-corrected chi connectivity index (χ2v) is 10.5. The summed E-state index contributed by atoms with van der Waals surface area (Å²) in [5.41, 5.74) is 0.661. The van der Waals surface area contributed by atoms with E-state index in [0.29, 0.717) is 5.56 Å². The Labute approximate surface area is 196 Å². The number of hydrogen-bond donors (Lipinski definition) is 0. The molecule has 1 heterocycles. The molecule has 4 atom stereocenters. The molecule has 8 heteroatoms. The van der Waals surface area contributed by atoms with Crippen LogP contribution in [-0.2, 0) is 19.7 Å². The number of carbonyl (C=O) groups is 2. The summed E-state index contributed by atoms with van der Waals surface area (Å²) in [6.07, 6.45) is 0.604. The normalized spacial score (nSPS) is 23.2. The molecular formula is C25H36N2O6. The molecule has 0 bridgehead atoms. The number of ether oxygens (including phenoxy) is 2. The minimum absolute atomic E-state index is 0.0804. The quantitative estimate of drug-likeness (QED) is 0.259. The van der Waals surface area contributed by atoms with Gasteiger partial charge in [-0.25, -0.2) is 9.59 Å². The van der Waals surface area contributed by atoms with Gasteiger partial charge in [-0.3, -0.25) is 15.0 Å². The molecule has 0 aliphatic carbocycles. The van der Waals surface area contributed by atoms with Gasteiger partial charge in [0.05, 0.1) is 12.5 Å². The highest BCUT2D eigenvalue weighted by Gasteiger charge is 2.64. The molecule has 1 aliphatic heterocycles. The summed E-state index contributed by atoms with van der Waals surface area (Å²) in [7, 11) is 0. The zero-order chi connectivity index (χ0) is 25.1. The second kappa shape index (κ2) is 9.93. The number of nitro groups is 1. The lowest BCUT2D eigenvalue weighted by molar-refractivity contribution is -0.536. The van der Waals surface area contributed by atoms with Crippen LogP contribution in [0.4, 0.5) is 4.79 Å². The molecule has 0 spiro atoms. The number of rotatable bonds is 6. The van der Waals surface area contributed by atoms with Gasteiger partial charge >= 0.3 is 12.1 Å². The Bertz CT molecular complexity index is 899. The molecule has 8 nitrogen and oxygen atoms in total. The van der Waals surface area contributed by atoms with Crippen molar-refractivity contribution in [2.75, 3.05) is 13.2 Å². The highest BCUT2D eigenvalue weighted by molar-refractivity contribution is 5.83. The van der Waals surface area contributed by atoms with Crippen molar-refractivity contribution in [2.45, 2.75) is 72.0 Å².